The van der Waals surface area contributed by atoms with Crippen LogP contribution in [0.4, 0.5) is 0 Å². The first-order valence-corrected chi connectivity index (χ1v) is 8.82. The van der Waals surface area contributed by atoms with Gasteiger partial charge in [-0.1, -0.05) is 71.8 Å². The number of aryl methyl sites for hydroxylation is 2. The summed E-state index contributed by atoms with van der Waals surface area (Å²) in [6, 6.07) is 22.2. The van der Waals surface area contributed by atoms with Crippen LogP contribution in [0.1, 0.15) is 31.8 Å². The van der Waals surface area contributed by atoms with Crippen molar-refractivity contribution < 1.29 is 47.1 Å². The Bertz CT molecular complexity index is 1100. The molecule has 4 rings (SSSR count). The standard InChI is InChI=1S/2C12H10O2.Cd/c2*1-8-5-6-10-9(7-8)3-2-4-11(10)12(13)14;/h2*2-7H,1H3,(H,13,14);. The molecule has 0 aliphatic heterocycles. The maximum absolute atomic E-state index is 10.9. The van der Waals surface area contributed by atoms with Crippen molar-refractivity contribution in [3.8, 4) is 0 Å². The maximum Gasteiger partial charge on any atom is 0.336 e. The normalized spacial score (nSPS) is 10.0. The Labute approximate surface area is 189 Å². The van der Waals surface area contributed by atoms with E-state index < -0.39 is 11.9 Å². The van der Waals surface area contributed by atoms with E-state index in [1.54, 1.807) is 24.3 Å². The predicted molar refractivity (Wildman–Crippen MR) is 111 cm³/mol. The summed E-state index contributed by atoms with van der Waals surface area (Å²) in [6.07, 6.45) is 0. The summed E-state index contributed by atoms with van der Waals surface area (Å²) in [6.45, 7) is 3.99. The van der Waals surface area contributed by atoms with Crippen molar-refractivity contribution in [2.24, 2.45) is 0 Å². The summed E-state index contributed by atoms with van der Waals surface area (Å²) in [7, 11) is 0. The van der Waals surface area contributed by atoms with E-state index in [9.17, 15) is 9.59 Å². The average molecular weight is 485 g/mol. The van der Waals surface area contributed by atoms with Gasteiger partial charge in [-0.25, -0.2) is 9.59 Å². The zero-order valence-electron chi connectivity index (χ0n) is 16.3. The minimum Gasteiger partial charge on any atom is -0.478 e. The second kappa shape index (κ2) is 9.65. The molecule has 0 aliphatic rings. The van der Waals surface area contributed by atoms with Gasteiger partial charge in [0.15, 0.2) is 0 Å². The van der Waals surface area contributed by atoms with Crippen LogP contribution in [0.25, 0.3) is 21.5 Å². The molecule has 0 radical (unpaired) electrons. The quantitative estimate of drug-likeness (QED) is 0.358. The largest absolute Gasteiger partial charge is 0.478 e. The van der Waals surface area contributed by atoms with Crippen LogP contribution >= 0.6 is 0 Å². The van der Waals surface area contributed by atoms with Crippen LogP contribution in [0.3, 0.4) is 0 Å². The topological polar surface area (TPSA) is 74.6 Å². The Morgan fingerprint density at radius 1 is 0.621 bits per heavy atom. The van der Waals surface area contributed by atoms with E-state index in [-0.39, 0.29) is 27.3 Å². The van der Waals surface area contributed by atoms with Gasteiger partial charge in [0.25, 0.3) is 0 Å². The molecule has 2 N–H and O–H groups in total. The van der Waals surface area contributed by atoms with E-state index in [0.717, 1.165) is 32.7 Å². The third-order valence-electron chi connectivity index (χ3n) is 4.53. The van der Waals surface area contributed by atoms with E-state index in [2.05, 4.69) is 0 Å². The summed E-state index contributed by atoms with van der Waals surface area (Å²) in [5.74, 6) is -1.75. The Hall–Kier alpha value is -2.74. The molecular formula is C24H20CdO4. The minimum atomic E-state index is -0.876. The first kappa shape index (κ1) is 22.6. The third kappa shape index (κ3) is 5.20. The van der Waals surface area contributed by atoms with E-state index in [0.29, 0.717) is 11.1 Å². The molecule has 0 heterocycles. The van der Waals surface area contributed by atoms with Gasteiger partial charge in [-0.15, -0.1) is 0 Å². The smallest absolute Gasteiger partial charge is 0.336 e. The molecule has 0 saturated carbocycles. The van der Waals surface area contributed by atoms with Gasteiger partial charge in [-0.2, -0.15) is 0 Å². The van der Waals surface area contributed by atoms with Crippen LogP contribution in [0, 0.1) is 13.8 Å². The van der Waals surface area contributed by atoms with Crippen molar-refractivity contribution in [3.63, 3.8) is 0 Å². The second-order valence-electron chi connectivity index (χ2n) is 6.67. The molecule has 0 aromatic heterocycles. The number of carbonyl (C=O) groups is 2. The molecule has 142 valence electrons. The van der Waals surface area contributed by atoms with Crippen LogP contribution in [-0.4, -0.2) is 22.2 Å². The number of carboxylic acid groups (broad SMARTS) is 2. The first-order valence-electron chi connectivity index (χ1n) is 8.82. The fourth-order valence-electron chi connectivity index (χ4n) is 3.18. The summed E-state index contributed by atoms with van der Waals surface area (Å²) >= 11 is 0. The predicted octanol–water partition coefficient (Wildman–Crippen LogP) is 5.69. The van der Waals surface area contributed by atoms with E-state index >= 15 is 0 Å². The summed E-state index contributed by atoms with van der Waals surface area (Å²) < 4.78 is 0. The average Bonchev–Trinajstić information content (AvgIpc) is 2.66. The third-order valence-corrected chi connectivity index (χ3v) is 4.53. The molecule has 4 aromatic rings. The fraction of sp³-hybridized carbons (Fsp3) is 0.0833. The van der Waals surface area contributed by atoms with Crippen molar-refractivity contribution in [1.82, 2.24) is 0 Å². The van der Waals surface area contributed by atoms with Gasteiger partial charge >= 0.3 is 11.9 Å². The molecule has 0 spiro atoms. The van der Waals surface area contributed by atoms with E-state index in [4.69, 9.17) is 10.2 Å². The van der Waals surface area contributed by atoms with Gasteiger partial charge in [0.05, 0.1) is 11.1 Å². The maximum atomic E-state index is 10.9. The summed E-state index contributed by atoms with van der Waals surface area (Å²) in [4.78, 5) is 21.8. The number of fused-ring (bicyclic) bond motifs is 2. The van der Waals surface area contributed by atoms with Crippen molar-refractivity contribution in [3.05, 3.63) is 95.1 Å². The molecule has 0 saturated heterocycles. The summed E-state index contributed by atoms with van der Waals surface area (Å²) in [5, 5.41) is 21.5. The Kier molecular flexibility index (Phi) is 7.50. The number of hydrogen-bond acceptors (Lipinski definition) is 2. The van der Waals surface area contributed by atoms with Gasteiger partial charge in [-0.3, -0.25) is 0 Å². The molecule has 29 heavy (non-hydrogen) atoms. The molecule has 0 unspecified atom stereocenters. The van der Waals surface area contributed by atoms with Crippen LogP contribution in [0.2, 0.25) is 0 Å². The van der Waals surface area contributed by atoms with E-state index in [1.165, 1.54) is 0 Å². The number of benzene rings is 4. The molecule has 0 amide bonds. The molecule has 4 aromatic carbocycles. The number of aromatic carboxylic acids is 2. The Morgan fingerprint density at radius 2 is 1.00 bits per heavy atom. The Balaban J connectivity index is 0.000000200. The number of rotatable bonds is 2. The SMILES string of the molecule is Cc1ccc2c(C(=O)O)cccc2c1.Cc1ccc2c(C(=O)O)cccc2c1.[Cd]. The van der Waals surface area contributed by atoms with Crippen molar-refractivity contribution >= 4 is 33.5 Å². The summed E-state index contributed by atoms with van der Waals surface area (Å²) in [5.41, 5.74) is 3.00. The van der Waals surface area contributed by atoms with Gasteiger partial charge in [0.2, 0.25) is 0 Å². The van der Waals surface area contributed by atoms with Crippen LogP contribution in [-0.2, 0) is 27.3 Å². The van der Waals surface area contributed by atoms with Gasteiger partial charge in [-0.05, 0) is 47.5 Å². The minimum absolute atomic E-state index is 0. The van der Waals surface area contributed by atoms with Crippen molar-refractivity contribution in [1.29, 1.82) is 0 Å². The van der Waals surface area contributed by atoms with Crippen LogP contribution < -0.4 is 0 Å². The molecule has 5 heteroatoms. The van der Waals surface area contributed by atoms with Crippen molar-refractivity contribution in [2.75, 3.05) is 0 Å². The van der Waals surface area contributed by atoms with Crippen LogP contribution in [0.5, 0.6) is 0 Å². The first-order chi connectivity index (χ1) is 13.4. The van der Waals surface area contributed by atoms with Crippen LogP contribution in [0.15, 0.2) is 72.8 Å². The zero-order chi connectivity index (χ0) is 20.3. The number of carboxylic acids is 2. The monoisotopic (exact) mass is 486 g/mol. The zero-order valence-corrected chi connectivity index (χ0v) is 20.4. The number of hydrogen-bond donors (Lipinski definition) is 2. The molecular weight excluding hydrogens is 465 g/mol. The molecule has 0 atom stereocenters. The second-order valence-corrected chi connectivity index (χ2v) is 6.67. The molecule has 4 nitrogen and oxygen atoms in total. The molecule has 0 fully saturated rings. The van der Waals surface area contributed by atoms with E-state index in [1.807, 2.05) is 62.4 Å². The molecule has 0 aliphatic carbocycles. The van der Waals surface area contributed by atoms with Crippen molar-refractivity contribution in [2.45, 2.75) is 13.8 Å². The van der Waals surface area contributed by atoms with Gasteiger partial charge < -0.3 is 10.2 Å². The molecule has 0 bridgehead atoms. The fourth-order valence-corrected chi connectivity index (χ4v) is 3.18. The van der Waals surface area contributed by atoms with Gasteiger partial charge in [0.1, 0.15) is 0 Å². The van der Waals surface area contributed by atoms with Gasteiger partial charge in [0, 0.05) is 27.3 Å². The Morgan fingerprint density at radius 3 is 1.34 bits per heavy atom.